The maximum absolute atomic E-state index is 13.7. The van der Waals surface area contributed by atoms with E-state index in [9.17, 15) is 18.8 Å². The fourth-order valence-electron chi connectivity index (χ4n) is 5.16. The molecule has 0 bridgehead atoms. The van der Waals surface area contributed by atoms with E-state index in [-0.39, 0.29) is 17.8 Å². The number of allylic oxidation sites excluding steroid dienone is 3. The van der Waals surface area contributed by atoms with Crippen molar-refractivity contribution in [3.63, 3.8) is 0 Å². The molecule has 6 nitrogen and oxygen atoms in total. The van der Waals surface area contributed by atoms with E-state index in [2.05, 4.69) is 5.32 Å². The molecule has 3 atom stereocenters. The summed E-state index contributed by atoms with van der Waals surface area (Å²) in [6.07, 6.45) is 3.99. The van der Waals surface area contributed by atoms with Crippen LogP contribution in [0.3, 0.4) is 0 Å². The topological polar surface area (TPSA) is 81.7 Å². The highest BCUT2D eigenvalue weighted by Crippen LogP contribution is 2.45. The first kappa shape index (κ1) is 22.2. The molecule has 1 aromatic rings. The van der Waals surface area contributed by atoms with Crippen LogP contribution in [-0.2, 0) is 23.9 Å². The number of halogens is 1. The van der Waals surface area contributed by atoms with E-state index in [1.54, 1.807) is 19.1 Å². The molecule has 0 spiro atoms. The van der Waals surface area contributed by atoms with Crippen molar-refractivity contribution < 1.29 is 28.2 Å². The lowest BCUT2D eigenvalue weighted by atomic mass is 9.69. The third kappa shape index (κ3) is 3.96. The van der Waals surface area contributed by atoms with Gasteiger partial charge in [0.05, 0.1) is 12.7 Å². The van der Waals surface area contributed by atoms with Gasteiger partial charge in [0.15, 0.2) is 5.78 Å². The summed E-state index contributed by atoms with van der Waals surface area (Å²) in [5.41, 5.74) is 2.58. The van der Waals surface area contributed by atoms with Gasteiger partial charge in [0, 0.05) is 22.9 Å². The van der Waals surface area contributed by atoms with Crippen LogP contribution in [0.25, 0.3) is 0 Å². The molecule has 0 aromatic heterocycles. The third-order valence-electron chi connectivity index (χ3n) is 6.74. The van der Waals surface area contributed by atoms with Gasteiger partial charge in [-0.2, -0.15) is 0 Å². The van der Waals surface area contributed by atoms with Crippen LogP contribution in [0.2, 0.25) is 0 Å². The van der Waals surface area contributed by atoms with Crippen LogP contribution in [0.5, 0.6) is 0 Å². The highest BCUT2D eigenvalue weighted by molar-refractivity contribution is 6.12. The summed E-state index contributed by atoms with van der Waals surface area (Å²) in [4.78, 5) is 39.3. The number of hydrogen-bond donors (Lipinski definition) is 1. The Labute approximate surface area is 186 Å². The maximum atomic E-state index is 13.7. The van der Waals surface area contributed by atoms with Crippen LogP contribution in [0.1, 0.15) is 57.4 Å². The average Bonchev–Trinajstić information content (AvgIpc) is 3.26. The number of Topliss-reactive ketones (excluding diaryl/α,β-unsaturated/α-hetero) is 1. The van der Waals surface area contributed by atoms with Gasteiger partial charge in [0.2, 0.25) is 0 Å². The second kappa shape index (κ2) is 8.88. The van der Waals surface area contributed by atoms with E-state index in [0.29, 0.717) is 34.5 Å². The van der Waals surface area contributed by atoms with Crippen LogP contribution in [-0.4, -0.2) is 30.9 Å². The summed E-state index contributed by atoms with van der Waals surface area (Å²) in [6, 6.07) is 5.76. The predicted molar refractivity (Wildman–Crippen MR) is 115 cm³/mol. The lowest BCUT2D eigenvalue weighted by Gasteiger charge is -2.38. The Morgan fingerprint density at radius 2 is 1.78 bits per heavy atom. The molecule has 1 aromatic carbocycles. The molecule has 3 aliphatic rings. The molecular formula is C25H28FNO5. The Balaban J connectivity index is 1.79. The van der Waals surface area contributed by atoms with Crippen molar-refractivity contribution in [2.75, 3.05) is 7.11 Å². The number of hydrogen-bond acceptors (Lipinski definition) is 6. The van der Waals surface area contributed by atoms with Crippen LogP contribution in [0, 0.1) is 17.7 Å². The van der Waals surface area contributed by atoms with Gasteiger partial charge in [0.1, 0.15) is 17.8 Å². The Morgan fingerprint density at radius 3 is 2.41 bits per heavy atom. The zero-order valence-corrected chi connectivity index (χ0v) is 18.6. The minimum absolute atomic E-state index is 0.142. The smallest absolute Gasteiger partial charge is 0.337 e. The van der Waals surface area contributed by atoms with Gasteiger partial charge in [-0.1, -0.05) is 19.1 Å². The molecular weight excluding hydrogens is 413 g/mol. The van der Waals surface area contributed by atoms with E-state index in [4.69, 9.17) is 9.47 Å². The van der Waals surface area contributed by atoms with Crippen molar-refractivity contribution in [1.82, 2.24) is 5.32 Å². The fourth-order valence-corrected chi connectivity index (χ4v) is 5.16. The highest BCUT2D eigenvalue weighted by atomic mass is 19.1. The first-order valence-corrected chi connectivity index (χ1v) is 11.1. The van der Waals surface area contributed by atoms with Gasteiger partial charge in [-0.05, 0) is 62.6 Å². The Bertz CT molecular complexity index is 1000. The Hall–Kier alpha value is -2.96. The summed E-state index contributed by atoms with van der Waals surface area (Å²) in [5, 5.41) is 3.24. The molecule has 4 rings (SSSR count). The molecule has 1 saturated carbocycles. The Kier molecular flexibility index (Phi) is 6.17. The summed E-state index contributed by atoms with van der Waals surface area (Å²) < 4.78 is 24.4. The number of rotatable bonds is 4. The number of esters is 2. The Morgan fingerprint density at radius 1 is 1.12 bits per heavy atom. The number of dihydropyridines is 1. The summed E-state index contributed by atoms with van der Waals surface area (Å²) in [7, 11) is 1.26. The second-order valence-corrected chi connectivity index (χ2v) is 8.90. The molecule has 1 fully saturated rings. The normalized spacial score (nSPS) is 26.0. The van der Waals surface area contributed by atoms with E-state index < -0.39 is 29.6 Å². The van der Waals surface area contributed by atoms with Crippen molar-refractivity contribution in [2.45, 2.75) is 58.0 Å². The molecule has 0 radical (unpaired) electrons. The van der Waals surface area contributed by atoms with Gasteiger partial charge in [-0.25, -0.2) is 9.18 Å². The number of carbonyl (C=O) groups is 3. The average molecular weight is 441 g/mol. The third-order valence-corrected chi connectivity index (χ3v) is 6.74. The summed E-state index contributed by atoms with van der Waals surface area (Å²) in [6.45, 7) is 3.62. The van der Waals surface area contributed by atoms with E-state index in [0.717, 1.165) is 25.7 Å². The van der Waals surface area contributed by atoms with Crippen molar-refractivity contribution in [3.05, 3.63) is 58.2 Å². The number of benzene rings is 1. The van der Waals surface area contributed by atoms with Crippen molar-refractivity contribution in [3.8, 4) is 0 Å². The number of methoxy groups -OCH3 is 1. The zero-order chi connectivity index (χ0) is 23.0. The standard InChI is InChI=1S/C25H28FNO5/c1-13-12-18-22(23(28)19(13)24(29)31-3)21(15-8-10-16(26)11-9-15)20(14(2)27-18)25(30)32-17-6-4-5-7-17/h8-11,13,17,19,21,27H,4-7,12H2,1-3H3/t13-,19+,21-/m1/s1. The van der Waals surface area contributed by atoms with Gasteiger partial charge in [-0.3, -0.25) is 9.59 Å². The van der Waals surface area contributed by atoms with E-state index in [1.165, 1.54) is 19.2 Å². The van der Waals surface area contributed by atoms with Gasteiger partial charge in [-0.15, -0.1) is 0 Å². The maximum Gasteiger partial charge on any atom is 0.337 e. The van der Waals surface area contributed by atoms with Crippen LogP contribution >= 0.6 is 0 Å². The summed E-state index contributed by atoms with van der Waals surface area (Å²) in [5.74, 6) is -3.80. The highest BCUT2D eigenvalue weighted by Gasteiger charge is 2.47. The lowest BCUT2D eigenvalue weighted by molar-refractivity contribution is -0.151. The molecule has 1 N–H and O–H groups in total. The molecule has 2 aliphatic carbocycles. The number of ketones is 1. The molecule has 0 amide bonds. The van der Waals surface area contributed by atoms with Crippen LogP contribution < -0.4 is 5.32 Å². The zero-order valence-electron chi connectivity index (χ0n) is 18.6. The molecule has 170 valence electrons. The number of nitrogens with one attached hydrogen (secondary N) is 1. The molecule has 1 heterocycles. The predicted octanol–water partition coefficient (Wildman–Crippen LogP) is 3.92. The van der Waals surface area contributed by atoms with Crippen molar-refractivity contribution in [1.29, 1.82) is 0 Å². The first-order chi connectivity index (χ1) is 15.3. The van der Waals surface area contributed by atoms with Gasteiger partial charge < -0.3 is 14.8 Å². The van der Waals surface area contributed by atoms with Crippen molar-refractivity contribution in [2.24, 2.45) is 11.8 Å². The minimum Gasteiger partial charge on any atom is -0.468 e. The molecule has 7 heteroatoms. The lowest BCUT2D eigenvalue weighted by Crippen LogP contribution is -2.43. The molecule has 32 heavy (non-hydrogen) atoms. The first-order valence-electron chi connectivity index (χ1n) is 11.1. The largest absolute Gasteiger partial charge is 0.468 e. The molecule has 0 unspecified atom stereocenters. The quantitative estimate of drug-likeness (QED) is 0.563. The van der Waals surface area contributed by atoms with Crippen LogP contribution in [0.4, 0.5) is 4.39 Å². The SMILES string of the molecule is COC(=O)[C@@H]1C(=O)C2=C(C[C@H]1C)NC(C)=C(C(=O)OC1CCCC1)[C@H]2c1ccc(F)cc1. The monoisotopic (exact) mass is 441 g/mol. The molecule has 0 saturated heterocycles. The molecule has 1 aliphatic heterocycles. The fraction of sp³-hybridized carbons (Fsp3) is 0.480. The van der Waals surface area contributed by atoms with Crippen LogP contribution in [0.15, 0.2) is 46.8 Å². The van der Waals surface area contributed by atoms with Gasteiger partial charge in [0.25, 0.3) is 0 Å². The second-order valence-electron chi connectivity index (χ2n) is 8.90. The minimum atomic E-state index is -0.950. The van der Waals surface area contributed by atoms with Gasteiger partial charge >= 0.3 is 11.9 Å². The van der Waals surface area contributed by atoms with E-state index >= 15 is 0 Å². The number of ether oxygens (including phenoxy) is 2. The summed E-state index contributed by atoms with van der Waals surface area (Å²) >= 11 is 0. The van der Waals surface area contributed by atoms with Crippen molar-refractivity contribution >= 4 is 17.7 Å². The van der Waals surface area contributed by atoms with E-state index in [1.807, 2.05) is 6.92 Å². The number of carbonyl (C=O) groups excluding carboxylic acids is 3.